The molecule has 0 radical (unpaired) electrons. The van der Waals surface area contributed by atoms with E-state index in [-0.39, 0.29) is 12.7 Å². The highest BCUT2D eigenvalue weighted by Crippen LogP contribution is 2.40. The van der Waals surface area contributed by atoms with Gasteiger partial charge in [0.1, 0.15) is 0 Å². The highest BCUT2D eigenvalue weighted by atomic mass is 19.4. The van der Waals surface area contributed by atoms with Gasteiger partial charge in [0.05, 0.1) is 31.2 Å². The van der Waals surface area contributed by atoms with E-state index in [2.05, 4.69) is 26.6 Å². The van der Waals surface area contributed by atoms with E-state index in [0.717, 1.165) is 47.2 Å². The maximum atomic E-state index is 13.5. The molecule has 1 aromatic carbocycles. The molecule has 3 aromatic rings. The molecule has 0 saturated heterocycles. The Kier molecular flexibility index (Phi) is 8.18. The van der Waals surface area contributed by atoms with E-state index in [1.807, 2.05) is 31.2 Å². The number of aromatic nitrogens is 3. The van der Waals surface area contributed by atoms with Gasteiger partial charge in [0.25, 0.3) is 0 Å². The van der Waals surface area contributed by atoms with Crippen LogP contribution in [0.5, 0.6) is 0 Å². The van der Waals surface area contributed by atoms with Gasteiger partial charge in [-0.15, -0.1) is 0 Å². The minimum absolute atomic E-state index is 0.300. The monoisotopic (exact) mass is 489 g/mol. The van der Waals surface area contributed by atoms with Crippen molar-refractivity contribution in [2.24, 2.45) is 0 Å². The first-order valence-corrected chi connectivity index (χ1v) is 12.0. The molecule has 0 spiro atoms. The van der Waals surface area contributed by atoms with Crippen LogP contribution in [0.25, 0.3) is 11.1 Å². The lowest BCUT2D eigenvalue weighted by atomic mass is 9.85. The molecule has 35 heavy (non-hydrogen) atoms. The van der Waals surface area contributed by atoms with Gasteiger partial charge in [-0.2, -0.15) is 18.3 Å². The predicted molar refractivity (Wildman–Crippen MR) is 128 cm³/mol. The molecule has 0 unspecified atom stereocenters. The maximum absolute atomic E-state index is 13.5. The highest BCUT2D eigenvalue weighted by Gasteiger charge is 2.41. The first-order chi connectivity index (χ1) is 16.9. The zero-order valence-corrected chi connectivity index (χ0v) is 19.8. The van der Waals surface area contributed by atoms with E-state index in [9.17, 15) is 17.6 Å². The Morgan fingerprint density at radius 3 is 2.60 bits per heavy atom. The number of nitrogens with one attached hydrogen (secondary N) is 2. The number of benzene rings is 1. The second-order valence-corrected chi connectivity index (χ2v) is 9.13. The van der Waals surface area contributed by atoms with E-state index in [0.29, 0.717) is 25.1 Å². The SMILES string of the molecule is C[C@@H]1Cc2cc(-c3cn[nH]c3)ccc2[C@@H](c2ccc(CCCNCCCF)cn2)N1CC(F)(F)F. The van der Waals surface area contributed by atoms with E-state index in [1.54, 1.807) is 18.6 Å². The standard InChI is InChI=1S/C26H31F4N5/c1-18-12-21-13-20(22-15-33-34-16-22)6-7-23(21)25(35(18)17-26(28,29)30)24-8-5-19(14-32-24)4-2-10-31-11-3-9-27/h5-8,13-16,18,25,31H,2-4,9-12,17H2,1H3,(H,33,34)/t18-,25+/m1/s1. The van der Waals surface area contributed by atoms with Gasteiger partial charge in [-0.1, -0.05) is 24.3 Å². The second kappa shape index (κ2) is 11.3. The third-order valence-corrected chi connectivity index (χ3v) is 6.48. The van der Waals surface area contributed by atoms with Crippen LogP contribution >= 0.6 is 0 Å². The van der Waals surface area contributed by atoms with Crippen LogP contribution in [0.15, 0.2) is 48.9 Å². The molecular formula is C26H31F4N5. The smallest absolute Gasteiger partial charge is 0.317 e. The zero-order valence-electron chi connectivity index (χ0n) is 19.8. The third-order valence-electron chi connectivity index (χ3n) is 6.48. The predicted octanol–water partition coefficient (Wildman–Crippen LogP) is 5.25. The fraction of sp³-hybridized carbons (Fsp3) is 0.462. The van der Waals surface area contributed by atoms with Crippen LogP contribution in [-0.2, 0) is 12.8 Å². The topological polar surface area (TPSA) is 56.8 Å². The zero-order chi connectivity index (χ0) is 24.8. The lowest BCUT2D eigenvalue weighted by Gasteiger charge is -2.42. The van der Waals surface area contributed by atoms with Crippen LogP contribution in [-0.4, -0.2) is 58.6 Å². The minimum atomic E-state index is -4.31. The van der Waals surface area contributed by atoms with Gasteiger partial charge >= 0.3 is 6.18 Å². The van der Waals surface area contributed by atoms with Crippen molar-refractivity contribution >= 4 is 0 Å². The molecule has 9 heteroatoms. The Morgan fingerprint density at radius 2 is 1.91 bits per heavy atom. The summed E-state index contributed by atoms with van der Waals surface area (Å²) in [5.41, 5.74) is 5.46. The summed E-state index contributed by atoms with van der Waals surface area (Å²) in [5.74, 6) is 0. The molecule has 0 aliphatic carbocycles. The van der Waals surface area contributed by atoms with Gasteiger partial charge in [-0.25, -0.2) is 0 Å². The Morgan fingerprint density at radius 1 is 1.09 bits per heavy atom. The number of hydrogen-bond acceptors (Lipinski definition) is 4. The Bertz CT molecular complexity index is 1070. The summed E-state index contributed by atoms with van der Waals surface area (Å²) < 4.78 is 52.8. The van der Waals surface area contributed by atoms with Crippen LogP contribution in [0.4, 0.5) is 17.6 Å². The highest BCUT2D eigenvalue weighted by molar-refractivity contribution is 5.64. The van der Waals surface area contributed by atoms with E-state index >= 15 is 0 Å². The first kappa shape index (κ1) is 25.3. The van der Waals surface area contributed by atoms with E-state index in [1.165, 1.54) is 4.90 Å². The summed E-state index contributed by atoms with van der Waals surface area (Å²) in [4.78, 5) is 6.13. The molecular weight excluding hydrogens is 458 g/mol. The van der Waals surface area contributed by atoms with Crippen LogP contribution in [0.3, 0.4) is 0 Å². The molecule has 0 fully saturated rings. The number of H-pyrrole nitrogens is 1. The van der Waals surface area contributed by atoms with Crippen LogP contribution < -0.4 is 5.32 Å². The number of aromatic amines is 1. The Hall–Kier alpha value is -2.78. The summed E-state index contributed by atoms with van der Waals surface area (Å²) in [5, 5.41) is 10.0. The van der Waals surface area contributed by atoms with Gasteiger partial charge in [0.2, 0.25) is 0 Å². The van der Waals surface area contributed by atoms with Gasteiger partial charge in [-0.05, 0) is 74.0 Å². The number of fused-ring (bicyclic) bond motifs is 1. The summed E-state index contributed by atoms with van der Waals surface area (Å²) in [6, 6.07) is 8.84. The van der Waals surface area contributed by atoms with Crippen LogP contribution in [0.2, 0.25) is 0 Å². The van der Waals surface area contributed by atoms with E-state index in [4.69, 9.17) is 0 Å². The average molecular weight is 490 g/mol. The molecule has 1 aliphatic rings. The summed E-state index contributed by atoms with van der Waals surface area (Å²) >= 11 is 0. The number of rotatable bonds is 10. The summed E-state index contributed by atoms with van der Waals surface area (Å²) in [6.07, 6.45) is 3.71. The molecule has 2 atom stereocenters. The number of pyridine rings is 1. The van der Waals surface area contributed by atoms with Crippen molar-refractivity contribution in [3.05, 3.63) is 71.3 Å². The molecule has 3 heterocycles. The number of hydrogen-bond donors (Lipinski definition) is 2. The van der Waals surface area contributed by atoms with Gasteiger partial charge in [-0.3, -0.25) is 19.4 Å². The second-order valence-electron chi connectivity index (χ2n) is 9.13. The lowest BCUT2D eigenvalue weighted by molar-refractivity contribution is -0.155. The van der Waals surface area contributed by atoms with Crippen molar-refractivity contribution in [2.45, 2.75) is 50.9 Å². The van der Waals surface area contributed by atoms with Gasteiger partial charge in [0, 0.05) is 24.0 Å². The van der Waals surface area contributed by atoms with Crippen molar-refractivity contribution in [3.63, 3.8) is 0 Å². The third kappa shape index (κ3) is 6.46. The lowest BCUT2D eigenvalue weighted by Crippen LogP contribution is -2.47. The normalized spacial score (nSPS) is 18.5. The van der Waals surface area contributed by atoms with Crippen LogP contribution in [0.1, 0.15) is 48.2 Å². The molecule has 2 aromatic heterocycles. The molecule has 188 valence electrons. The molecule has 2 N–H and O–H groups in total. The first-order valence-electron chi connectivity index (χ1n) is 12.0. The quantitative estimate of drug-likeness (QED) is 0.302. The number of alkyl halides is 4. The minimum Gasteiger partial charge on any atom is -0.317 e. The Labute approximate surface area is 203 Å². The van der Waals surface area contributed by atoms with Crippen molar-refractivity contribution in [2.75, 3.05) is 26.3 Å². The summed E-state index contributed by atoms with van der Waals surface area (Å²) in [6.45, 7) is 1.97. The Balaban J connectivity index is 1.57. The van der Waals surface area contributed by atoms with E-state index < -0.39 is 18.8 Å². The van der Waals surface area contributed by atoms with Crippen molar-refractivity contribution < 1.29 is 17.6 Å². The van der Waals surface area contributed by atoms with Gasteiger partial charge < -0.3 is 5.32 Å². The molecule has 4 rings (SSSR count). The molecule has 5 nitrogen and oxygen atoms in total. The number of aryl methyl sites for hydroxylation is 1. The molecule has 0 saturated carbocycles. The maximum Gasteiger partial charge on any atom is 0.401 e. The van der Waals surface area contributed by atoms with Crippen molar-refractivity contribution in [1.82, 2.24) is 25.4 Å². The number of nitrogens with zero attached hydrogens (tertiary/aromatic N) is 3. The van der Waals surface area contributed by atoms with Crippen molar-refractivity contribution in [1.29, 1.82) is 0 Å². The summed E-state index contributed by atoms with van der Waals surface area (Å²) in [7, 11) is 0. The fourth-order valence-corrected chi connectivity index (χ4v) is 4.77. The molecule has 0 amide bonds. The fourth-order valence-electron chi connectivity index (χ4n) is 4.77. The largest absolute Gasteiger partial charge is 0.401 e. The molecule has 1 aliphatic heterocycles. The van der Waals surface area contributed by atoms with Gasteiger partial charge in [0.15, 0.2) is 0 Å². The molecule has 0 bridgehead atoms. The number of halogens is 4. The average Bonchev–Trinajstić information content (AvgIpc) is 3.36. The van der Waals surface area contributed by atoms with Crippen molar-refractivity contribution in [3.8, 4) is 11.1 Å². The van der Waals surface area contributed by atoms with Crippen LogP contribution in [0, 0.1) is 0 Å².